The van der Waals surface area contributed by atoms with Crippen LogP contribution in [0.5, 0.6) is 5.88 Å². The first-order valence-electron chi connectivity index (χ1n) is 7.43. The lowest BCUT2D eigenvalue weighted by Gasteiger charge is -2.15. The molecule has 6 nitrogen and oxygen atoms in total. The summed E-state index contributed by atoms with van der Waals surface area (Å²) in [5.41, 5.74) is 0.723. The van der Waals surface area contributed by atoms with Gasteiger partial charge in [-0.3, -0.25) is 4.57 Å². The van der Waals surface area contributed by atoms with Gasteiger partial charge in [0.05, 0.1) is 12.8 Å². The lowest BCUT2D eigenvalue weighted by atomic mass is 10.3. The molecule has 0 bridgehead atoms. The van der Waals surface area contributed by atoms with Crippen LogP contribution in [0.15, 0.2) is 34.2 Å². The fourth-order valence-corrected chi connectivity index (χ4v) is 3.48. The normalized spacial score (nSPS) is 11.0. The van der Waals surface area contributed by atoms with E-state index in [1.165, 1.54) is 28.0 Å². The summed E-state index contributed by atoms with van der Waals surface area (Å²) < 4.78 is 8.75. The molecule has 9 heteroatoms. The van der Waals surface area contributed by atoms with Crippen LogP contribution in [0.2, 0.25) is 5.02 Å². The smallest absolute Gasteiger partial charge is 0.335 e. The molecule has 0 unspecified atom stereocenters. The van der Waals surface area contributed by atoms with Gasteiger partial charge in [-0.2, -0.15) is 4.98 Å². The molecule has 0 atom stereocenters. The van der Waals surface area contributed by atoms with E-state index in [-0.39, 0.29) is 5.69 Å². The number of hydrogen-bond acceptors (Lipinski definition) is 6. The minimum atomic E-state index is -0.282. The maximum Gasteiger partial charge on any atom is 0.335 e. The molecule has 0 saturated heterocycles. The minimum Gasteiger partial charge on any atom is -0.480 e. The van der Waals surface area contributed by atoms with Gasteiger partial charge in [-0.25, -0.2) is 14.3 Å². The molecule has 25 heavy (non-hydrogen) atoms. The second kappa shape index (κ2) is 7.15. The molecule has 0 radical (unpaired) electrons. The maximum atomic E-state index is 13.1. The van der Waals surface area contributed by atoms with E-state index in [4.69, 9.17) is 28.6 Å². The van der Waals surface area contributed by atoms with Gasteiger partial charge in [0, 0.05) is 11.6 Å². The Morgan fingerprint density at radius 1 is 1.36 bits per heavy atom. The number of ether oxygens (including phenoxy) is 1. The zero-order chi connectivity index (χ0) is 18.1. The Kier molecular flexibility index (Phi) is 5.12. The molecule has 0 aliphatic rings. The van der Waals surface area contributed by atoms with E-state index < -0.39 is 0 Å². The quantitative estimate of drug-likeness (QED) is 0.382. The average Bonchev–Trinajstić information content (AvgIpc) is 2.61. The second-order valence-corrected chi connectivity index (χ2v) is 6.66. The van der Waals surface area contributed by atoms with E-state index in [1.807, 2.05) is 13.2 Å². The van der Waals surface area contributed by atoms with Crippen LogP contribution in [-0.2, 0) is 6.54 Å². The Labute approximate surface area is 158 Å². The number of fused-ring (bicyclic) bond motifs is 1. The van der Waals surface area contributed by atoms with Crippen LogP contribution in [0.4, 0.5) is 0 Å². The molecule has 3 rings (SSSR count). The summed E-state index contributed by atoms with van der Waals surface area (Å²) in [6.07, 6.45) is 1.85. The highest BCUT2D eigenvalue weighted by atomic mass is 35.5. The largest absolute Gasteiger partial charge is 0.480 e. The number of thioether (sulfide) groups is 1. The minimum absolute atomic E-state index is 0.282. The molecule has 0 amide bonds. The average molecular weight is 395 g/mol. The van der Waals surface area contributed by atoms with Crippen molar-refractivity contribution in [2.75, 3.05) is 13.4 Å². The maximum absolute atomic E-state index is 13.1. The van der Waals surface area contributed by atoms with Gasteiger partial charge in [-0.15, -0.1) is 0 Å². The third-order valence-corrected chi connectivity index (χ3v) is 4.90. The van der Waals surface area contributed by atoms with Crippen LogP contribution >= 0.6 is 35.6 Å². The van der Waals surface area contributed by atoms with Crippen molar-refractivity contribution in [3.63, 3.8) is 0 Å². The van der Waals surface area contributed by atoms with E-state index in [2.05, 4.69) is 9.97 Å². The fraction of sp³-hybridized carbons (Fsp3) is 0.250. The van der Waals surface area contributed by atoms with E-state index in [0.29, 0.717) is 44.0 Å². The number of hydrogen-bond donors (Lipinski definition) is 0. The summed E-state index contributed by atoms with van der Waals surface area (Å²) in [6, 6.07) is 7.03. The molecule has 2 aromatic heterocycles. The van der Waals surface area contributed by atoms with Crippen LogP contribution < -0.4 is 10.4 Å². The molecule has 1 aromatic carbocycles. The van der Waals surface area contributed by atoms with Crippen molar-refractivity contribution in [2.24, 2.45) is 0 Å². The number of halogens is 1. The highest BCUT2D eigenvalue weighted by Crippen LogP contribution is 2.27. The van der Waals surface area contributed by atoms with E-state index in [9.17, 15) is 4.79 Å². The van der Waals surface area contributed by atoms with Crippen LogP contribution in [-0.4, -0.2) is 32.5 Å². The van der Waals surface area contributed by atoms with E-state index in [0.717, 1.165) is 0 Å². The molecule has 0 N–H and O–H groups in total. The van der Waals surface area contributed by atoms with Gasteiger partial charge in [0.15, 0.2) is 10.8 Å². The van der Waals surface area contributed by atoms with Gasteiger partial charge in [-0.1, -0.05) is 41.6 Å². The third kappa shape index (κ3) is 3.05. The molecule has 2 heterocycles. The van der Waals surface area contributed by atoms with Gasteiger partial charge in [-0.05, 0) is 31.4 Å². The van der Waals surface area contributed by atoms with Gasteiger partial charge in [0.25, 0.3) is 0 Å². The molecule has 0 aliphatic carbocycles. The van der Waals surface area contributed by atoms with Crippen molar-refractivity contribution in [1.29, 1.82) is 0 Å². The topological polar surface area (TPSA) is 61.9 Å². The van der Waals surface area contributed by atoms with Crippen LogP contribution in [0.1, 0.15) is 6.92 Å². The summed E-state index contributed by atoms with van der Waals surface area (Å²) in [4.78, 5) is 21.9. The molecular formula is C16H15ClN4O2S2. The third-order valence-electron chi connectivity index (χ3n) is 3.69. The van der Waals surface area contributed by atoms with Gasteiger partial charge in [0.2, 0.25) is 5.88 Å². The van der Waals surface area contributed by atoms with Crippen LogP contribution in [0.3, 0.4) is 0 Å². The molecule has 0 aliphatic heterocycles. The predicted octanol–water partition coefficient (Wildman–Crippen LogP) is 3.72. The Balaban J connectivity index is 2.59. The van der Waals surface area contributed by atoms with Crippen molar-refractivity contribution in [3.05, 3.63) is 44.4 Å². The first kappa shape index (κ1) is 17.9. The lowest BCUT2D eigenvalue weighted by Crippen LogP contribution is -2.31. The fourth-order valence-electron chi connectivity index (χ4n) is 2.56. The highest BCUT2D eigenvalue weighted by molar-refractivity contribution is 7.98. The van der Waals surface area contributed by atoms with Crippen molar-refractivity contribution in [3.8, 4) is 11.6 Å². The Bertz CT molecular complexity index is 1080. The van der Waals surface area contributed by atoms with Crippen molar-refractivity contribution < 1.29 is 4.74 Å². The Morgan fingerprint density at radius 3 is 2.72 bits per heavy atom. The van der Waals surface area contributed by atoms with Gasteiger partial charge < -0.3 is 4.74 Å². The van der Waals surface area contributed by atoms with Crippen molar-refractivity contribution >= 4 is 46.6 Å². The Morgan fingerprint density at radius 2 is 2.12 bits per heavy atom. The summed E-state index contributed by atoms with van der Waals surface area (Å²) in [6.45, 7) is 2.27. The number of aromatic nitrogens is 4. The molecular weight excluding hydrogens is 380 g/mol. The van der Waals surface area contributed by atoms with Crippen molar-refractivity contribution in [2.45, 2.75) is 18.6 Å². The van der Waals surface area contributed by atoms with Crippen LogP contribution in [0, 0.1) is 4.64 Å². The summed E-state index contributed by atoms with van der Waals surface area (Å²) >= 11 is 13.0. The molecule has 130 valence electrons. The summed E-state index contributed by atoms with van der Waals surface area (Å²) in [5.74, 6) is 0.345. The van der Waals surface area contributed by atoms with Crippen LogP contribution in [0.25, 0.3) is 16.7 Å². The lowest BCUT2D eigenvalue weighted by molar-refractivity contribution is 0.397. The Hall–Kier alpha value is -1.90. The molecule has 3 aromatic rings. The summed E-state index contributed by atoms with van der Waals surface area (Å²) in [7, 11) is 1.52. The predicted molar refractivity (Wildman–Crippen MR) is 103 cm³/mol. The number of benzene rings is 1. The zero-order valence-electron chi connectivity index (χ0n) is 13.8. The second-order valence-electron chi connectivity index (χ2n) is 5.07. The molecule has 0 fully saturated rings. The number of nitrogens with zero attached hydrogens (tertiary/aromatic N) is 4. The van der Waals surface area contributed by atoms with E-state index in [1.54, 1.807) is 24.3 Å². The van der Waals surface area contributed by atoms with Gasteiger partial charge >= 0.3 is 5.69 Å². The molecule has 0 spiro atoms. The number of rotatable bonds is 4. The first-order chi connectivity index (χ1) is 12.0. The monoisotopic (exact) mass is 394 g/mol. The summed E-state index contributed by atoms with van der Waals surface area (Å²) in [5, 5.41) is 1.54. The standard InChI is InChI=1S/C16H15ClN4O2S2/c1-4-20-14(24)11-12(18-15(25-3)19-13(11)23-2)21(16(20)22)10-7-5-6-9(17)8-10/h5-8H,4H2,1-3H3. The van der Waals surface area contributed by atoms with E-state index >= 15 is 0 Å². The SMILES string of the molecule is CCn1c(=S)c2c(OC)nc(SC)nc2n(-c2cccc(Cl)c2)c1=O. The first-order valence-corrected chi connectivity index (χ1v) is 9.44. The van der Waals surface area contributed by atoms with Crippen molar-refractivity contribution in [1.82, 2.24) is 19.1 Å². The highest BCUT2D eigenvalue weighted by Gasteiger charge is 2.19. The number of methoxy groups -OCH3 is 1. The molecule has 0 saturated carbocycles. The van der Waals surface area contributed by atoms with Gasteiger partial charge in [0.1, 0.15) is 10.0 Å². The zero-order valence-corrected chi connectivity index (χ0v) is 16.2.